The molecule has 1 aliphatic rings. The number of carbonyl (C=O) groups is 1. The lowest BCUT2D eigenvalue weighted by Gasteiger charge is -2.20. The summed E-state index contributed by atoms with van der Waals surface area (Å²) in [6.07, 6.45) is 3.69. The van der Waals surface area contributed by atoms with Crippen molar-refractivity contribution in [1.82, 2.24) is 4.90 Å². The van der Waals surface area contributed by atoms with Crippen molar-refractivity contribution in [3.05, 3.63) is 33.9 Å². The molecule has 0 saturated carbocycles. The third kappa shape index (κ3) is 3.65. The van der Waals surface area contributed by atoms with Gasteiger partial charge < -0.3 is 4.90 Å². The van der Waals surface area contributed by atoms with Gasteiger partial charge in [-0.3, -0.25) is 15.4 Å². The maximum Gasteiger partial charge on any atom is 0.322 e. The van der Waals surface area contributed by atoms with Gasteiger partial charge in [0.05, 0.1) is 11.0 Å². The summed E-state index contributed by atoms with van der Waals surface area (Å²) in [5.74, 6) is -2.23. The van der Waals surface area contributed by atoms with Crippen LogP contribution in [0.3, 0.4) is 0 Å². The fraction of sp³-hybridized carbons (Fsp3) is 0.462. The molecular formula is C13H15F2N3O3. The average Bonchev–Trinajstić information content (AvgIpc) is 2.70. The van der Waals surface area contributed by atoms with Crippen molar-refractivity contribution in [3.8, 4) is 0 Å². The Morgan fingerprint density at radius 1 is 1.19 bits per heavy atom. The highest BCUT2D eigenvalue weighted by atomic mass is 19.1. The van der Waals surface area contributed by atoms with Gasteiger partial charge in [0.25, 0.3) is 5.69 Å². The molecule has 21 heavy (non-hydrogen) atoms. The zero-order chi connectivity index (χ0) is 15.4. The van der Waals surface area contributed by atoms with Gasteiger partial charge in [-0.25, -0.2) is 13.6 Å². The van der Waals surface area contributed by atoms with Crippen LogP contribution in [-0.2, 0) is 0 Å². The third-order valence-electron chi connectivity index (χ3n) is 3.36. The van der Waals surface area contributed by atoms with Crippen molar-refractivity contribution in [2.75, 3.05) is 18.4 Å². The van der Waals surface area contributed by atoms with Gasteiger partial charge in [-0.2, -0.15) is 0 Å². The molecule has 1 N–H and O–H groups in total. The Morgan fingerprint density at radius 3 is 2.38 bits per heavy atom. The van der Waals surface area contributed by atoms with Gasteiger partial charge in [0.1, 0.15) is 5.82 Å². The van der Waals surface area contributed by atoms with Gasteiger partial charge in [-0.15, -0.1) is 0 Å². The minimum Gasteiger partial charge on any atom is -0.325 e. The summed E-state index contributed by atoms with van der Waals surface area (Å²) in [5, 5.41) is 13.0. The standard InChI is InChI=1S/C13H15F2N3O3/c14-9-7-10(15)12(11(8-9)18(20)21)16-13(19)17-5-3-1-2-4-6-17/h7-8H,1-6H2,(H,16,19). The molecule has 114 valence electrons. The fourth-order valence-corrected chi connectivity index (χ4v) is 2.29. The molecule has 2 rings (SSSR count). The van der Waals surface area contributed by atoms with E-state index in [4.69, 9.17) is 0 Å². The number of hydrogen-bond donors (Lipinski definition) is 1. The van der Waals surface area contributed by atoms with E-state index in [0.29, 0.717) is 25.2 Å². The van der Waals surface area contributed by atoms with E-state index in [0.717, 1.165) is 25.7 Å². The number of nitrogens with zero attached hydrogens (tertiary/aromatic N) is 2. The average molecular weight is 299 g/mol. The van der Waals surface area contributed by atoms with E-state index < -0.39 is 34.0 Å². The Kier molecular flexibility index (Phi) is 4.66. The Labute approximate surface area is 119 Å². The van der Waals surface area contributed by atoms with Gasteiger partial charge in [0.2, 0.25) is 0 Å². The number of halogens is 2. The van der Waals surface area contributed by atoms with Crippen molar-refractivity contribution in [2.45, 2.75) is 25.7 Å². The number of urea groups is 1. The molecule has 0 unspecified atom stereocenters. The number of likely N-dealkylation sites (tertiary alicyclic amines) is 1. The maximum atomic E-state index is 13.7. The number of hydrogen-bond acceptors (Lipinski definition) is 3. The van der Waals surface area contributed by atoms with Crippen LogP contribution in [0.1, 0.15) is 25.7 Å². The Hall–Kier alpha value is -2.25. The number of rotatable bonds is 2. The van der Waals surface area contributed by atoms with E-state index in [-0.39, 0.29) is 0 Å². The number of benzene rings is 1. The van der Waals surface area contributed by atoms with Crippen LogP contribution in [0.5, 0.6) is 0 Å². The first-order valence-corrected chi connectivity index (χ1v) is 6.68. The molecule has 0 atom stereocenters. The van der Waals surface area contributed by atoms with Crippen molar-refractivity contribution >= 4 is 17.4 Å². The topological polar surface area (TPSA) is 75.5 Å². The first kappa shape index (κ1) is 15.1. The van der Waals surface area contributed by atoms with Gasteiger partial charge in [0.15, 0.2) is 11.5 Å². The molecule has 1 aliphatic heterocycles. The molecular weight excluding hydrogens is 284 g/mol. The van der Waals surface area contributed by atoms with E-state index in [9.17, 15) is 23.7 Å². The van der Waals surface area contributed by atoms with Gasteiger partial charge in [0, 0.05) is 19.2 Å². The van der Waals surface area contributed by atoms with E-state index in [1.54, 1.807) is 0 Å². The van der Waals surface area contributed by atoms with Crippen LogP contribution in [0.4, 0.5) is 25.0 Å². The van der Waals surface area contributed by atoms with Crippen LogP contribution < -0.4 is 5.32 Å². The number of nitro benzene ring substituents is 1. The summed E-state index contributed by atoms with van der Waals surface area (Å²) >= 11 is 0. The predicted molar refractivity (Wildman–Crippen MR) is 72.1 cm³/mol. The second kappa shape index (κ2) is 6.47. The minimum atomic E-state index is -1.16. The van der Waals surface area contributed by atoms with Crippen LogP contribution in [0.25, 0.3) is 0 Å². The van der Waals surface area contributed by atoms with E-state index in [1.165, 1.54) is 4.90 Å². The molecule has 0 bridgehead atoms. The lowest BCUT2D eigenvalue weighted by atomic mass is 10.2. The molecule has 0 radical (unpaired) electrons. The van der Waals surface area contributed by atoms with Crippen LogP contribution in [0, 0.1) is 21.7 Å². The molecule has 1 aromatic carbocycles. The number of amides is 2. The van der Waals surface area contributed by atoms with Crippen molar-refractivity contribution < 1.29 is 18.5 Å². The summed E-state index contributed by atoms with van der Waals surface area (Å²) in [7, 11) is 0. The van der Waals surface area contributed by atoms with E-state index in [2.05, 4.69) is 5.32 Å². The third-order valence-corrected chi connectivity index (χ3v) is 3.36. The van der Waals surface area contributed by atoms with Crippen LogP contribution in [0.2, 0.25) is 0 Å². The molecule has 0 spiro atoms. The Bertz CT molecular complexity index is 558. The Balaban J connectivity index is 2.22. The largest absolute Gasteiger partial charge is 0.325 e. The number of carbonyl (C=O) groups excluding carboxylic acids is 1. The number of anilines is 1. The first-order valence-electron chi connectivity index (χ1n) is 6.68. The maximum absolute atomic E-state index is 13.7. The van der Waals surface area contributed by atoms with Crippen LogP contribution in [0.15, 0.2) is 12.1 Å². The van der Waals surface area contributed by atoms with Gasteiger partial charge >= 0.3 is 6.03 Å². The lowest BCUT2D eigenvalue weighted by Crippen LogP contribution is -2.36. The van der Waals surface area contributed by atoms with Crippen LogP contribution in [-0.4, -0.2) is 28.9 Å². The van der Waals surface area contributed by atoms with Crippen molar-refractivity contribution in [1.29, 1.82) is 0 Å². The minimum absolute atomic E-state index is 0.505. The lowest BCUT2D eigenvalue weighted by molar-refractivity contribution is -0.384. The molecule has 1 saturated heterocycles. The summed E-state index contributed by atoms with van der Waals surface area (Å²) in [5.41, 5.74) is -1.40. The quantitative estimate of drug-likeness (QED) is 0.672. The smallest absolute Gasteiger partial charge is 0.322 e. The van der Waals surface area contributed by atoms with E-state index >= 15 is 0 Å². The highest BCUT2D eigenvalue weighted by Gasteiger charge is 2.24. The molecule has 1 aromatic rings. The van der Waals surface area contributed by atoms with E-state index in [1.807, 2.05) is 0 Å². The summed E-state index contributed by atoms with van der Waals surface area (Å²) in [6, 6.07) is 0.483. The molecule has 0 aliphatic carbocycles. The van der Waals surface area contributed by atoms with Crippen molar-refractivity contribution in [3.63, 3.8) is 0 Å². The molecule has 1 fully saturated rings. The highest BCUT2D eigenvalue weighted by molar-refractivity contribution is 5.92. The zero-order valence-electron chi connectivity index (χ0n) is 11.3. The van der Waals surface area contributed by atoms with Gasteiger partial charge in [-0.05, 0) is 12.8 Å². The zero-order valence-corrected chi connectivity index (χ0v) is 11.3. The number of nitrogens with one attached hydrogen (secondary N) is 1. The predicted octanol–water partition coefficient (Wildman–Crippen LogP) is 3.28. The fourth-order valence-electron chi connectivity index (χ4n) is 2.29. The van der Waals surface area contributed by atoms with Gasteiger partial charge in [-0.1, -0.05) is 12.8 Å². The number of nitro groups is 1. The highest BCUT2D eigenvalue weighted by Crippen LogP contribution is 2.29. The first-order chi connectivity index (χ1) is 9.99. The Morgan fingerprint density at radius 2 is 1.81 bits per heavy atom. The molecule has 1 heterocycles. The SMILES string of the molecule is O=C(Nc1c(F)cc(F)cc1[N+](=O)[O-])N1CCCCCC1. The summed E-state index contributed by atoms with van der Waals surface area (Å²) < 4.78 is 26.7. The molecule has 8 heteroatoms. The van der Waals surface area contributed by atoms with Crippen molar-refractivity contribution in [2.24, 2.45) is 0 Å². The second-order valence-electron chi connectivity index (χ2n) is 4.87. The monoisotopic (exact) mass is 299 g/mol. The second-order valence-corrected chi connectivity index (χ2v) is 4.87. The molecule has 6 nitrogen and oxygen atoms in total. The summed E-state index contributed by atoms with van der Waals surface area (Å²) in [4.78, 5) is 23.5. The van der Waals surface area contributed by atoms with Crippen LogP contribution >= 0.6 is 0 Å². The molecule has 2 amide bonds. The molecule has 0 aromatic heterocycles. The normalized spacial score (nSPS) is 15.4. The summed E-state index contributed by atoms with van der Waals surface area (Å²) in [6.45, 7) is 1.03.